The van der Waals surface area contributed by atoms with Crippen LogP contribution in [0.15, 0.2) is 218 Å². The lowest BCUT2D eigenvalue weighted by Crippen LogP contribution is -2.06. The molecule has 0 aliphatic carbocycles. The number of para-hydroxylation sites is 3. The molecule has 0 N–H and O–H groups in total. The van der Waals surface area contributed by atoms with Gasteiger partial charge in [-0.1, -0.05) is 158 Å². The van der Waals surface area contributed by atoms with Crippen LogP contribution in [0.4, 0.5) is 0 Å². The lowest BCUT2D eigenvalue weighted by Gasteiger charge is -2.12. The van der Waals surface area contributed by atoms with Crippen molar-refractivity contribution in [1.82, 2.24) is 28.7 Å². The molecule has 6 nitrogen and oxygen atoms in total. The summed E-state index contributed by atoms with van der Waals surface area (Å²) in [7, 11) is 0. The van der Waals surface area contributed by atoms with Crippen LogP contribution >= 0.6 is 0 Å². The van der Waals surface area contributed by atoms with Gasteiger partial charge >= 0.3 is 0 Å². The van der Waals surface area contributed by atoms with Gasteiger partial charge in [-0.2, -0.15) is 9.97 Å². The predicted octanol–water partition coefficient (Wildman–Crippen LogP) is 14.2. The van der Waals surface area contributed by atoms with Gasteiger partial charge in [-0.3, -0.25) is 4.57 Å². The molecule has 4 aromatic heterocycles. The number of nitrogens with zero attached hydrogens (tertiary/aromatic N) is 6. The maximum absolute atomic E-state index is 5.16. The van der Waals surface area contributed by atoms with E-state index in [1.54, 1.807) is 0 Å². The Morgan fingerprint density at radius 2 is 0.683 bits per heavy atom. The first-order valence-corrected chi connectivity index (χ1v) is 21.3. The number of benzene rings is 9. The van der Waals surface area contributed by atoms with E-state index >= 15 is 0 Å². The maximum atomic E-state index is 5.16. The Labute approximate surface area is 362 Å². The Morgan fingerprint density at radius 3 is 1.25 bits per heavy atom. The fourth-order valence-corrected chi connectivity index (χ4v) is 9.74. The Kier molecular flexibility index (Phi) is 7.80. The topological polar surface area (TPSA) is 53.5 Å². The second-order valence-corrected chi connectivity index (χ2v) is 16.0. The van der Waals surface area contributed by atoms with E-state index in [-0.39, 0.29) is 0 Å². The van der Waals surface area contributed by atoms with E-state index in [9.17, 15) is 0 Å². The highest BCUT2D eigenvalue weighted by Crippen LogP contribution is 2.43. The van der Waals surface area contributed by atoms with E-state index in [1.165, 1.54) is 43.7 Å². The fourth-order valence-electron chi connectivity index (χ4n) is 9.74. The van der Waals surface area contributed by atoms with E-state index in [0.717, 1.165) is 55.3 Å². The van der Waals surface area contributed by atoms with Crippen LogP contribution in [0.1, 0.15) is 0 Å². The molecule has 0 radical (unpaired) electrons. The number of aromatic nitrogens is 6. The van der Waals surface area contributed by atoms with Crippen molar-refractivity contribution in [3.63, 3.8) is 0 Å². The van der Waals surface area contributed by atoms with Gasteiger partial charge in [0, 0.05) is 54.8 Å². The molecule has 0 saturated carbocycles. The van der Waals surface area contributed by atoms with Gasteiger partial charge in [-0.15, -0.1) is 0 Å². The van der Waals surface area contributed by atoms with Crippen LogP contribution in [-0.2, 0) is 0 Å². The molecular weight excluding hydrogens is 769 g/mol. The minimum atomic E-state index is 0.576. The zero-order valence-electron chi connectivity index (χ0n) is 34.0. The highest BCUT2D eigenvalue weighted by atomic mass is 15.2. The van der Waals surface area contributed by atoms with Gasteiger partial charge in [0.25, 0.3) is 0 Å². The largest absolute Gasteiger partial charge is 0.309 e. The van der Waals surface area contributed by atoms with Gasteiger partial charge < -0.3 is 9.13 Å². The van der Waals surface area contributed by atoms with Crippen LogP contribution in [0.25, 0.3) is 117 Å². The predicted molar refractivity (Wildman–Crippen MR) is 259 cm³/mol. The van der Waals surface area contributed by atoms with Crippen molar-refractivity contribution in [1.29, 1.82) is 0 Å². The van der Waals surface area contributed by atoms with Crippen LogP contribution in [0, 0.1) is 0 Å². The molecule has 294 valence electrons. The molecule has 0 aliphatic heterocycles. The van der Waals surface area contributed by atoms with Crippen LogP contribution in [-0.4, -0.2) is 28.7 Å². The lowest BCUT2D eigenvalue weighted by atomic mass is 10.0. The van der Waals surface area contributed by atoms with Gasteiger partial charge in [0.05, 0.1) is 33.1 Å². The molecule has 4 heterocycles. The van der Waals surface area contributed by atoms with Crippen LogP contribution < -0.4 is 0 Å². The van der Waals surface area contributed by atoms with E-state index in [2.05, 4.69) is 171 Å². The molecule has 9 aromatic carbocycles. The summed E-state index contributed by atoms with van der Waals surface area (Å²) >= 11 is 0. The molecule has 0 fully saturated rings. The smallest absolute Gasteiger partial charge is 0.238 e. The number of rotatable bonds is 6. The first-order valence-electron chi connectivity index (χ1n) is 21.3. The summed E-state index contributed by atoms with van der Waals surface area (Å²) in [5.74, 6) is 1.83. The Bertz CT molecular complexity index is 3840. The molecule has 0 bridgehead atoms. The van der Waals surface area contributed by atoms with Crippen molar-refractivity contribution in [2.75, 3.05) is 0 Å². The molecule has 63 heavy (non-hydrogen) atoms. The average molecular weight is 805 g/mol. The van der Waals surface area contributed by atoms with Gasteiger partial charge in [0.1, 0.15) is 0 Å². The third-order valence-electron chi connectivity index (χ3n) is 12.5. The summed E-state index contributed by atoms with van der Waals surface area (Å²) in [4.78, 5) is 15.3. The zero-order valence-corrected chi connectivity index (χ0v) is 34.0. The Balaban J connectivity index is 1.04. The highest BCUT2D eigenvalue weighted by molar-refractivity contribution is 6.29. The second-order valence-electron chi connectivity index (χ2n) is 16.0. The first kappa shape index (κ1) is 35.2. The summed E-state index contributed by atoms with van der Waals surface area (Å²) in [6.07, 6.45) is 0. The van der Waals surface area contributed by atoms with Crippen molar-refractivity contribution in [3.05, 3.63) is 218 Å². The van der Waals surface area contributed by atoms with Crippen LogP contribution in [0.5, 0.6) is 0 Å². The molecule has 0 atom stereocenters. The molecule has 0 spiro atoms. The standard InChI is InChI=1S/C57H36N6/c1-4-17-37(18-5-1)40-23-16-24-41(35-40)61-48-29-14-11-26-44(48)53-51(61)33-34-52-54(53)45-27-12-15-30-49(45)62(52)42-31-32-50-46(36-42)43-25-10-13-28-47(43)63(50)57-59-55(38-19-6-2-7-20-38)58-56(60-57)39-21-8-3-9-22-39/h1-36H. The molecule has 6 heteroatoms. The Morgan fingerprint density at radius 1 is 0.254 bits per heavy atom. The molecule has 0 amide bonds. The molecule has 0 aliphatic rings. The first-order chi connectivity index (χ1) is 31.3. The van der Waals surface area contributed by atoms with Crippen molar-refractivity contribution >= 4 is 65.4 Å². The monoisotopic (exact) mass is 804 g/mol. The summed E-state index contributed by atoms with van der Waals surface area (Å²) < 4.78 is 7.05. The second kappa shape index (κ2) is 14.0. The van der Waals surface area contributed by atoms with Gasteiger partial charge in [0.15, 0.2) is 11.6 Å². The molecule has 13 aromatic rings. The van der Waals surface area contributed by atoms with E-state index < -0.39 is 0 Å². The van der Waals surface area contributed by atoms with Crippen molar-refractivity contribution < 1.29 is 0 Å². The Hall–Kier alpha value is -8.61. The zero-order chi connectivity index (χ0) is 41.4. The number of fused-ring (bicyclic) bond motifs is 10. The van der Waals surface area contributed by atoms with Gasteiger partial charge in [-0.25, -0.2) is 4.98 Å². The lowest BCUT2D eigenvalue weighted by molar-refractivity contribution is 0.953. The summed E-state index contributed by atoms with van der Waals surface area (Å²) in [6, 6.07) is 77.4. The SMILES string of the molecule is c1ccc(-c2cccc(-n3c4ccccc4c4c5c6ccccc6n(-c6ccc7c(c6)c6ccccc6n7-c6nc(-c7ccccc7)nc(-c7ccccc7)n6)c5ccc43)c2)cc1. The third kappa shape index (κ3) is 5.48. The van der Waals surface area contributed by atoms with Crippen molar-refractivity contribution in [2.24, 2.45) is 0 Å². The van der Waals surface area contributed by atoms with Gasteiger partial charge in [-0.05, 0) is 71.8 Å². The van der Waals surface area contributed by atoms with E-state index in [4.69, 9.17) is 15.0 Å². The molecule has 0 unspecified atom stereocenters. The summed E-state index contributed by atoms with van der Waals surface area (Å²) in [5.41, 5.74) is 13.2. The quantitative estimate of drug-likeness (QED) is 0.168. The van der Waals surface area contributed by atoms with Crippen molar-refractivity contribution in [2.45, 2.75) is 0 Å². The minimum Gasteiger partial charge on any atom is -0.309 e. The normalized spacial score (nSPS) is 11.8. The van der Waals surface area contributed by atoms with E-state index in [1.807, 2.05) is 60.7 Å². The summed E-state index contributed by atoms with van der Waals surface area (Å²) in [6.45, 7) is 0. The number of hydrogen-bond acceptors (Lipinski definition) is 3. The molecule has 0 saturated heterocycles. The maximum Gasteiger partial charge on any atom is 0.238 e. The van der Waals surface area contributed by atoms with E-state index in [0.29, 0.717) is 17.6 Å². The van der Waals surface area contributed by atoms with Gasteiger partial charge in [0.2, 0.25) is 5.95 Å². The third-order valence-corrected chi connectivity index (χ3v) is 12.5. The molecule has 13 rings (SSSR count). The highest BCUT2D eigenvalue weighted by Gasteiger charge is 2.23. The number of hydrogen-bond donors (Lipinski definition) is 0. The average Bonchev–Trinajstić information content (AvgIpc) is 4.00. The van der Waals surface area contributed by atoms with Crippen LogP contribution in [0.3, 0.4) is 0 Å². The van der Waals surface area contributed by atoms with Crippen molar-refractivity contribution in [3.8, 4) is 51.2 Å². The molecular formula is C57H36N6. The summed E-state index contributed by atoms with van der Waals surface area (Å²) in [5, 5.41) is 7.18. The fraction of sp³-hybridized carbons (Fsp3) is 0. The minimum absolute atomic E-state index is 0.576. The van der Waals surface area contributed by atoms with Crippen LogP contribution in [0.2, 0.25) is 0 Å².